The molecule has 6 nitrogen and oxygen atoms in total. The number of carbonyl (C=O) groups excluding carboxylic acids is 2. The zero-order valence-corrected chi connectivity index (χ0v) is 14.5. The molecule has 2 saturated heterocycles. The largest absolute Gasteiger partial charge is 0.465 e. The Morgan fingerprint density at radius 1 is 1.21 bits per heavy atom. The molecule has 2 fully saturated rings. The maximum Gasteiger partial charge on any atom is 0.341 e. The van der Waals surface area contributed by atoms with Crippen LogP contribution in [0.2, 0.25) is 0 Å². The summed E-state index contributed by atoms with van der Waals surface area (Å²) in [7, 11) is 1.37. The third-order valence-corrected chi connectivity index (χ3v) is 5.11. The third-order valence-electron chi connectivity index (χ3n) is 5.11. The highest BCUT2D eigenvalue weighted by molar-refractivity contribution is 5.90. The molecule has 0 unspecified atom stereocenters. The SMILES string of the molecule is COC(=O)c1cc(CN2CCC(C(=O)N3CCCC3)CC2)oc1C. The molecule has 6 heteroatoms. The molecule has 2 aliphatic heterocycles. The van der Waals surface area contributed by atoms with Gasteiger partial charge in [0.2, 0.25) is 5.91 Å². The van der Waals surface area contributed by atoms with Crippen molar-refractivity contribution in [1.82, 2.24) is 9.80 Å². The molecule has 1 amide bonds. The predicted octanol–water partition coefficient (Wildman–Crippen LogP) is 2.21. The summed E-state index contributed by atoms with van der Waals surface area (Å²) in [6.07, 6.45) is 4.09. The van der Waals surface area contributed by atoms with Gasteiger partial charge in [-0.05, 0) is 51.8 Å². The van der Waals surface area contributed by atoms with E-state index in [4.69, 9.17) is 9.15 Å². The summed E-state index contributed by atoms with van der Waals surface area (Å²) >= 11 is 0. The average Bonchev–Trinajstić information content (AvgIpc) is 3.24. The van der Waals surface area contributed by atoms with Gasteiger partial charge in [-0.15, -0.1) is 0 Å². The van der Waals surface area contributed by atoms with Gasteiger partial charge in [0, 0.05) is 19.0 Å². The molecule has 0 radical (unpaired) electrons. The maximum absolute atomic E-state index is 12.5. The van der Waals surface area contributed by atoms with E-state index < -0.39 is 0 Å². The van der Waals surface area contributed by atoms with Crippen LogP contribution in [0.15, 0.2) is 10.5 Å². The number of likely N-dealkylation sites (tertiary alicyclic amines) is 2. The van der Waals surface area contributed by atoms with Gasteiger partial charge < -0.3 is 14.1 Å². The number of nitrogens with zero attached hydrogens (tertiary/aromatic N) is 2. The molecular formula is C18H26N2O4. The molecule has 3 heterocycles. The highest BCUT2D eigenvalue weighted by Crippen LogP contribution is 2.24. The first-order valence-corrected chi connectivity index (χ1v) is 8.77. The van der Waals surface area contributed by atoms with E-state index in [-0.39, 0.29) is 11.9 Å². The fraction of sp³-hybridized carbons (Fsp3) is 0.667. The number of furan rings is 1. The minimum atomic E-state index is -0.364. The van der Waals surface area contributed by atoms with Crippen LogP contribution in [0.4, 0.5) is 0 Å². The number of methoxy groups -OCH3 is 1. The van der Waals surface area contributed by atoms with Crippen LogP contribution in [-0.4, -0.2) is 55.0 Å². The van der Waals surface area contributed by atoms with E-state index in [2.05, 4.69) is 4.90 Å². The first kappa shape index (κ1) is 17.0. The van der Waals surface area contributed by atoms with Gasteiger partial charge >= 0.3 is 5.97 Å². The number of ether oxygens (including phenoxy) is 1. The van der Waals surface area contributed by atoms with E-state index in [9.17, 15) is 9.59 Å². The van der Waals surface area contributed by atoms with Crippen molar-refractivity contribution in [1.29, 1.82) is 0 Å². The lowest BCUT2D eigenvalue weighted by molar-refractivity contribution is -0.136. The molecule has 0 bridgehead atoms. The number of piperidine rings is 1. The number of esters is 1. The second-order valence-electron chi connectivity index (χ2n) is 6.76. The Hall–Kier alpha value is -1.82. The van der Waals surface area contributed by atoms with E-state index >= 15 is 0 Å². The Morgan fingerprint density at radius 3 is 2.50 bits per heavy atom. The van der Waals surface area contributed by atoms with Crippen LogP contribution < -0.4 is 0 Å². The number of hydrogen-bond donors (Lipinski definition) is 0. The molecular weight excluding hydrogens is 308 g/mol. The Balaban J connectivity index is 1.52. The van der Waals surface area contributed by atoms with E-state index in [1.165, 1.54) is 7.11 Å². The highest BCUT2D eigenvalue weighted by Gasteiger charge is 2.30. The third kappa shape index (κ3) is 3.64. The summed E-state index contributed by atoms with van der Waals surface area (Å²) < 4.78 is 10.4. The Bertz CT molecular complexity index is 596. The van der Waals surface area contributed by atoms with Gasteiger partial charge in [-0.1, -0.05) is 0 Å². The lowest BCUT2D eigenvalue weighted by Crippen LogP contribution is -2.41. The van der Waals surface area contributed by atoms with E-state index in [1.807, 2.05) is 4.90 Å². The fourth-order valence-electron chi connectivity index (χ4n) is 3.69. The van der Waals surface area contributed by atoms with Gasteiger partial charge in [0.05, 0.1) is 13.7 Å². The van der Waals surface area contributed by atoms with Crippen molar-refractivity contribution in [2.75, 3.05) is 33.3 Å². The van der Waals surface area contributed by atoms with Crippen LogP contribution >= 0.6 is 0 Å². The number of rotatable bonds is 4. The number of aryl methyl sites for hydroxylation is 1. The molecule has 132 valence electrons. The van der Waals surface area contributed by atoms with Crippen molar-refractivity contribution in [2.24, 2.45) is 5.92 Å². The monoisotopic (exact) mass is 334 g/mol. The molecule has 0 N–H and O–H groups in total. The van der Waals surface area contributed by atoms with Gasteiger partial charge in [-0.2, -0.15) is 0 Å². The van der Waals surface area contributed by atoms with Crippen molar-refractivity contribution in [3.8, 4) is 0 Å². The molecule has 0 spiro atoms. The lowest BCUT2D eigenvalue weighted by Gasteiger charge is -2.32. The van der Waals surface area contributed by atoms with Crippen LogP contribution in [-0.2, 0) is 16.1 Å². The van der Waals surface area contributed by atoms with Crippen LogP contribution in [0, 0.1) is 12.8 Å². The van der Waals surface area contributed by atoms with Crippen molar-refractivity contribution in [3.05, 3.63) is 23.2 Å². The van der Waals surface area contributed by atoms with E-state index in [1.54, 1.807) is 13.0 Å². The molecule has 24 heavy (non-hydrogen) atoms. The summed E-state index contributed by atoms with van der Waals surface area (Å²) in [5.41, 5.74) is 0.492. The van der Waals surface area contributed by atoms with Gasteiger partial charge in [0.1, 0.15) is 17.1 Å². The van der Waals surface area contributed by atoms with Crippen molar-refractivity contribution >= 4 is 11.9 Å². The van der Waals surface area contributed by atoms with Gasteiger partial charge in [0.15, 0.2) is 0 Å². The molecule has 3 rings (SSSR count). The number of hydrogen-bond acceptors (Lipinski definition) is 5. The molecule has 0 saturated carbocycles. The lowest BCUT2D eigenvalue weighted by atomic mass is 9.95. The van der Waals surface area contributed by atoms with Crippen molar-refractivity contribution in [2.45, 2.75) is 39.2 Å². The quantitative estimate of drug-likeness (QED) is 0.790. The number of carbonyl (C=O) groups is 2. The number of amides is 1. The Morgan fingerprint density at radius 2 is 1.88 bits per heavy atom. The maximum atomic E-state index is 12.5. The van der Waals surface area contributed by atoms with Crippen LogP contribution in [0.25, 0.3) is 0 Å². The van der Waals surface area contributed by atoms with E-state index in [0.29, 0.717) is 23.8 Å². The second-order valence-corrected chi connectivity index (χ2v) is 6.76. The Kier molecular flexibility index (Phi) is 5.23. The van der Waals surface area contributed by atoms with Crippen molar-refractivity contribution in [3.63, 3.8) is 0 Å². The molecule has 1 aromatic heterocycles. The summed E-state index contributed by atoms with van der Waals surface area (Å²) in [5.74, 6) is 1.52. The zero-order valence-electron chi connectivity index (χ0n) is 14.5. The molecule has 2 aliphatic rings. The first-order valence-electron chi connectivity index (χ1n) is 8.77. The molecule has 0 atom stereocenters. The van der Waals surface area contributed by atoms with Gasteiger partial charge in [-0.3, -0.25) is 9.69 Å². The van der Waals surface area contributed by atoms with Crippen LogP contribution in [0.3, 0.4) is 0 Å². The topological polar surface area (TPSA) is 63.0 Å². The standard InChI is InChI=1S/C18H26N2O4/c1-13-16(18(22)23-2)11-15(24-13)12-19-9-5-14(6-10-19)17(21)20-7-3-4-8-20/h11,14H,3-10,12H2,1-2H3. The minimum Gasteiger partial charge on any atom is -0.465 e. The molecule has 0 aromatic carbocycles. The minimum absolute atomic E-state index is 0.170. The van der Waals surface area contributed by atoms with Crippen LogP contribution in [0.5, 0.6) is 0 Å². The average molecular weight is 334 g/mol. The highest BCUT2D eigenvalue weighted by atomic mass is 16.5. The van der Waals surface area contributed by atoms with Gasteiger partial charge in [0.25, 0.3) is 0 Å². The summed E-state index contributed by atoms with van der Waals surface area (Å²) in [5, 5.41) is 0. The van der Waals surface area contributed by atoms with Crippen LogP contribution in [0.1, 0.15) is 47.6 Å². The zero-order chi connectivity index (χ0) is 17.1. The smallest absolute Gasteiger partial charge is 0.341 e. The summed E-state index contributed by atoms with van der Waals surface area (Å²) in [4.78, 5) is 28.4. The molecule has 0 aliphatic carbocycles. The fourth-order valence-corrected chi connectivity index (χ4v) is 3.69. The molecule has 1 aromatic rings. The first-order chi connectivity index (χ1) is 11.6. The predicted molar refractivity (Wildman–Crippen MR) is 88.6 cm³/mol. The van der Waals surface area contributed by atoms with Gasteiger partial charge in [-0.25, -0.2) is 4.79 Å². The Labute approximate surface area is 142 Å². The summed E-state index contributed by atoms with van der Waals surface area (Å²) in [6, 6.07) is 1.77. The summed E-state index contributed by atoms with van der Waals surface area (Å²) in [6.45, 7) is 6.08. The normalized spacial score (nSPS) is 19.7. The second kappa shape index (κ2) is 7.38. The van der Waals surface area contributed by atoms with Crippen molar-refractivity contribution < 1.29 is 18.7 Å². The van der Waals surface area contributed by atoms with E-state index in [0.717, 1.165) is 57.6 Å².